The fourth-order valence-electron chi connectivity index (χ4n) is 2.17. The summed E-state index contributed by atoms with van der Waals surface area (Å²) in [4.78, 5) is 15.2. The highest BCUT2D eigenvalue weighted by molar-refractivity contribution is 5.35. The molecule has 2 heterocycles. The SMILES string of the molecule is CCCNc1nc(NCCN2CCCC2)nc(OC)n1. The fourth-order valence-corrected chi connectivity index (χ4v) is 2.17. The van der Waals surface area contributed by atoms with E-state index in [0.29, 0.717) is 17.9 Å². The van der Waals surface area contributed by atoms with E-state index in [1.807, 2.05) is 0 Å². The van der Waals surface area contributed by atoms with E-state index >= 15 is 0 Å². The monoisotopic (exact) mass is 280 g/mol. The molecule has 7 nitrogen and oxygen atoms in total. The van der Waals surface area contributed by atoms with Crippen LogP contribution in [-0.4, -0.2) is 59.7 Å². The lowest BCUT2D eigenvalue weighted by Crippen LogP contribution is -2.26. The smallest absolute Gasteiger partial charge is 0.322 e. The van der Waals surface area contributed by atoms with Gasteiger partial charge in [-0.25, -0.2) is 0 Å². The van der Waals surface area contributed by atoms with E-state index in [-0.39, 0.29) is 0 Å². The first-order chi connectivity index (χ1) is 9.81. The summed E-state index contributed by atoms with van der Waals surface area (Å²) in [5.41, 5.74) is 0. The van der Waals surface area contributed by atoms with Gasteiger partial charge in [-0.3, -0.25) is 0 Å². The summed E-state index contributed by atoms with van der Waals surface area (Å²) in [6, 6.07) is 0.335. The second-order valence-electron chi connectivity index (χ2n) is 4.87. The van der Waals surface area contributed by atoms with Crippen molar-refractivity contribution in [3.63, 3.8) is 0 Å². The molecule has 0 aromatic carbocycles. The Bertz CT molecular complexity index is 408. The van der Waals surface area contributed by atoms with E-state index in [0.717, 1.165) is 26.1 Å². The summed E-state index contributed by atoms with van der Waals surface area (Å²) in [5, 5.41) is 6.39. The van der Waals surface area contributed by atoms with Crippen LogP contribution in [0.15, 0.2) is 0 Å². The zero-order valence-corrected chi connectivity index (χ0v) is 12.4. The first-order valence-electron chi connectivity index (χ1n) is 7.32. The number of hydrogen-bond donors (Lipinski definition) is 2. The van der Waals surface area contributed by atoms with Crippen molar-refractivity contribution in [2.24, 2.45) is 0 Å². The summed E-state index contributed by atoms with van der Waals surface area (Å²) in [6.45, 7) is 7.18. The van der Waals surface area contributed by atoms with Gasteiger partial charge in [0, 0.05) is 19.6 Å². The third kappa shape index (κ3) is 4.48. The van der Waals surface area contributed by atoms with Crippen LogP contribution in [-0.2, 0) is 0 Å². The van der Waals surface area contributed by atoms with E-state index in [9.17, 15) is 0 Å². The van der Waals surface area contributed by atoms with Gasteiger partial charge in [0.2, 0.25) is 11.9 Å². The van der Waals surface area contributed by atoms with Crippen molar-refractivity contribution in [1.82, 2.24) is 19.9 Å². The Morgan fingerprint density at radius 2 is 1.70 bits per heavy atom. The lowest BCUT2D eigenvalue weighted by Gasteiger charge is -2.15. The Morgan fingerprint density at radius 3 is 2.30 bits per heavy atom. The predicted molar refractivity (Wildman–Crippen MR) is 79.3 cm³/mol. The molecule has 1 aliphatic rings. The van der Waals surface area contributed by atoms with Crippen LogP contribution in [0.4, 0.5) is 11.9 Å². The van der Waals surface area contributed by atoms with Crippen LogP contribution in [0.25, 0.3) is 0 Å². The molecule has 0 aliphatic carbocycles. The van der Waals surface area contributed by atoms with Gasteiger partial charge in [0.1, 0.15) is 0 Å². The van der Waals surface area contributed by atoms with Gasteiger partial charge >= 0.3 is 6.01 Å². The highest BCUT2D eigenvalue weighted by Gasteiger charge is 2.11. The van der Waals surface area contributed by atoms with Gasteiger partial charge in [-0.1, -0.05) is 6.92 Å². The number of anilines is 2. The predicted octanol–water partition coefficient (Wildman–Crippen LogP) is 1.21. The number of aromatic nitrogens is 3. The summed E-state index contributed by atoms with van der Waals surface area (Å²) in [6.07, 6.45) is 3.64. The molecule has 0 amide bonds. The van der Waals surface area contributed by atoms with Crippen molar-refractivity contribution in [1.29, 1.82) is 0 Å². The third-order valence-corrected chi connectivity index (χ3v) is 3.24. The number of hydrogen-bond acceptors (Lipinski definition) is 7. The Hall–Kier alpha value is -1.63. The number of nitrogens with one attached hydrogen (secondary N) is 2. The lowest BCUT2D eigenvalue weighted by atomic mass is 10.4. The first kappa shape index (κ1) is 14.8. The average molecular weight is 280 g/mol. The minimum absolute atomic E-state index is 0.335. The molecule has 1 saturated heterocycles. The summed E-state index contributed by atoms with van der Waals surface area (Å²) < 4.78 is 5.10. The minimum Gasteiger partial charge on any atom is -0.467 e. The van der Waals surface area contributed by atoms with E-state index in [4.69, 9.17) is 4.74 Å². The van der Waals surface area contributed by atoms with Crippen LogP contribution in [0.2, 0.25) is 0 Å². The molecule has 1 fully saturated rings. The molecule has 1 aromatic heterocycles. The number of likely N-dealkylation sites (tertiary alicyclic amines) is 1. The molecular weight excluding hydrogens is 256 g/mol. The van der Waals surface area contributed by atoms with Gasteiger partial charge in [0.05, 0.1) is 7.11 Å². The third-order valence-electron chi connectivity index (χ3n) is 3.24. The molecule has 7 heteroatoms. The first-order valence-corrected chi connectivity index (χ1v) is 7.32. The lowest BCUT2D eigenvalue weighted by molar-refractivity contribution is 0.352. The van der Waals surface area contributed by atoms with Crippen LogP contribution >= 0.6 is 0 Å². The van der Waals surface area contributed by atoms with Crippen LogP contribution in [0.1, 0.15) is 26.2 Å². The zero-order chi connectivity index (χ0) is 14.2. The normalized spacial score (nSPS) is 15.3. The van der Waals surface area contributed by atoms with Gasteiger partial charge in [-0.15, -0.1) is 0 Å². The van der Waals surface area contributed by atoms with E-state index < -0.39 is 0 Å². The highest BCUT2D eigenvalue weighted by Crippen LogP contribution is 2.11. The van der Waals surface area contributed by atoms with Gasteiger partial charge in [-0.05, 0) is 32.4 Å². The van der Waals surface area contributed by atoms with Gasteiger partial charge in [0.25, 0.3) is 0 Å². The fraction of sp³-hybridized carbons (Fsp3) is 0.769. The molecule has 2 rings (SSSR count). The molecule has 0 atom stereocenters. The standard InChI is InChI=1S/C13H24N6O/c1-3-6-14-11-16-12(18-13(17-11)20-2)15-7-10-19-8-4-5-9-19/h3-10H2,1-2H3,(H2,14,15,16,17,18). The quantitative estimate of drug-likeness (QED) is 0.741. The molecule has 0 bridgehead atoms. The number of methoxy groups -OCH3 is 1. The largest absolute Gasteiger partial charge is 0.467 e. The van der Waals surface area contributed by atoms with Crippen LogP contribution in [0.5, 0.6) is 6.01 Å². The van der Waals surface area contributed by atoms with E-state index in [1.165, 1.54) is 25.9 Å². The van der Waals surface area contributed by atoms with Gasteiger partial charge < -0.3 is 20.3 Å². The molecular formula is C13H24N6O. The molecule has 0 spiro atoms. The van der Waals surface area contributed by atoms with Crippen LogP contribution in [0.3, 0.4) is 0 Å². The number of nitrogens with zero attached hydrogens (tertiary/aromatic N) is 4. The van der Waals surface area contributed by atoms with E-state index in [1.54, 1.807) is 7.11 Å². The summed E-state index contributed by atoms with van der Waals surface area (Å²) in [7, 11) is 1.56. The maximum Gasteiger partial charge on any atom is 0.322 e. The van der Waals surface area contributed by atoms with Gasteiger partial charge in [-0.2, -0.15) is 15.0 Å². The molecule has 1 aliphatic heterocycles. The van der Waals surface area contributed by atoms with Crippen LogP contribution in [0, 0.1) is 0 Å². The van der Waals surface area contributed by atoms with Crippen molar-refractivity contribution in [2.75, 3.05) is 50.5 Å². The Morgan fingerprint density at radius 1 is 1.05 bits per heavy atom. The minimum atomic E-state index is 0.335. The molecule has 0 radical (unpaired) electrons. The van der Waals surface area contributed by atoms with Crippen molar-refractivity contribution in [3.8, 4) is 6.01 Å². The Labute approximate surface area is 120 Å². The Balaban J connectivity index is 1.87. The molecule has 0 unspecified atom stereocenters. The van der Waals surface area contributed by atoms with E-state index in [2.05, 4.69) is 37.4 Å². The maximum absolute atomic E-state index is 5.10. The molecule has 2 N–H and O–H groups in total. The topological polar surface area (TPSA) is 75.2 Å². The second-order valence-corrected chi connectivity index (χ2v) is 4.87. The second kappa shape index (κ2) is 7.84. The molecule has 1 aromatic rings. The zero-order valence-electron chi connectivity index (χ0n) is 12.4. The Kier molecular flexibility index (Phi) is 5.79. The van der Waals surface area contributed by atoms with Crippen molar-refractivity contribution in [2.45, 2.75) is 26.2 Å². The molecule has 112 valence electrons. The summed E-state index contributed by atoms with van der Waals surface area (Å²) in [5.74, 6) is 1.12. The number of ether oxygens (including phenoxy) is 1. The average Bonchev–Trinajstić information content (AvgIpc) is 2.98. The summed E-state index contributed by atoms with van der Waals surface area (Å²) >= 11 is 0. The van der Waals surface area contributed by atoms with Crippen molar-refractivity contribution >= 4 is 11.9 Å². The highest BCUT2D eigenvalue weighted by atomic mass is 16.5. The van der Waals surface area contributed by atoms with Crippen molar-refractivity contribution < 1.29 is 4.74 Å². The molecule has 20 heavy (non-hydrogen) atoms. The number of rotatable bonds is 8. The van der Waals surface area contributed by atoms with Gasteiger partial charge in [0.15, 0.2) is 0 Å². The maximum atomic E-state index is 5.10. The van der Waals surface area contributed by atoms with Crippen LogP contribution < -0.4 is 15.4 Å². The molecule has 0 saturated carbocycles. The van der Waals surface area contributed by atoms with Crippen molar-refractivity contribution in [3.05, 3.63) is 0 Å².